The number of hydrogen-bond donors (Lipinski definition) is 1. The molecule has 1 N–H and O–H groups in total. The molecule has 3 atom stereocenters. The summed E-state index contributed by atoms with van der Waals surface area (Å²) >= 11 is 0. The Morgan fingerprint density at radius 1 is 1.50 bits per heavy atom. The van der Waals surface area contributed by atoms with Gasteiger partial charge < -0.3 is 5.11 Å². The Bertz CT molecular complexity index is 74.6. The van der Waals surface area contributed by atoms with Crippen LogP contribution in [-0.4, -0.2) is 17.4 Å². The van der Waals surface area contributed by atoms with Crippen molar-refractivity contribution >= 4 is 0 Å². The number of hydrogen-bond acceptors (Lipinski definition) is 1. The summed E-state index contributed by atoms with van der Waals surface area (Å²) in [5, 5.41) is 8.79. The maximum absolute atomic E-state index is 12.3. The van der Waals surface area contributed by atoms with E-state index < -0.39 is 12.3 Å². The molecular formula is C6H11FO. The van der Waals surface area contributed by atoms with E-state index in [1.54, 1.807) is 0 Å². The van der Waals surface area contributed by atoms with Gasteiger partial charge in [0.1, 0.15) is 6.17 Å². The highest BCUT2D eigenvalue weighted by atomic mass is 19.1. The first kappa shape index (κ1) is 6.02. The van der Waals surface area contributed by atoms with Gasteiger partial charge in [-0.2, -0.15) is 0 Å². The molecule has 1 saturated carbocycles. The molecule has 1 aliphatic carbocycles. The molecule has 0 aromatic heterocycles. The molecule has 48 valence electrons. The lowest BCUT2D eigenvalue weighted by molar-refractivity contribution is 0.103. The summed E-state index contributed by atoms with van der Waals surface area (Å²) in [5.41, 5.74) is 0. The van der Waals surface area contributed by atoms with Crippen LogP contribution in [0.5, 0.6) is 0 Å². The minimum Gasteiger partial charge on any atom is -0.390 e. The first-order chi connectivity index (χ1) is 3.70. The van der Waals surface area contributed by atoms with Gasteiger partial charge in [-0.3, -0.25) is 0 Å². The highest BCUT2D eigenvalue weighted by Crippen LogP contribution is 2.27. The summed E-state index contributed by atoms with van der Waals surface area (Å²) in [6.45, 7) is 1.96. The molecule has 0 radical (unpaired) electrons. The Morgan fingerprint density at radius 3 is 2.25 bits per heavy atom. The standard InChI is InChI=1S/C6H11FO/c1-4-2-5(7)6(8)3-4/h4-6,8H,2-3H2,1H3/t4-,5+,6+/m0/s1. The van der Waals surface area contributed by atoms with Gasteiger partial charge in [0.25, 0.3) is 0 Å². The Hall–Kier alpha value is -0.110. The number of alkyl halides is 1. The predicted molar refractivity (Wildman–Crippen MR) is 29.3 cm³/mol. The van der Waals surface area contributed by atoms with Crippen molar-refractivity contribution < 1.29 is 9.50 Å². The van der Waals surface area contributed by atoms with Gasteiger partial charge in [0.05, 0.1) is 6.10 Å². The third kappa shape index (κ3) is 0.996. The van der Waals surface area contributed by atoms with Gasteiger partial charge >= 0.3 is 0 Å². The van der Waals surface area contributed by atoms with Crippen LogP contribution in [0.4, 0.5) is 4.39 Å². The minimum absolute atomic E-state index is 0.375. The fourth-order valence-corrected chi connectivity index (χ4v) is 1.20. The molecule has 2 heteroatoms. The Morgan fingerprint density at radius 2 is 2.12 bits per heavy atom. The Labute approximate surface area is 48.5 Å². The largest absolute Gasteiger partial charge is 0.390 e. The lowest BCUT2D eigenvalue weighted by Crippen LogP contribution is -2.12. The first-order valence-corrected chi connectivity index (χ1v) is 3.02. The van der Waals surface area contributed by atoms with Gasteiger partial charge in [-0.1, -0.05) is 6.92 Å². The second-order valence-corrected chi connectivity index (χ2v) is 2.66. The van der Waals surface area contributed by atoms with Gasteiger partial charge in [-0.15, -0.1) is 0 Å². The zero-order valence-electron chi connectivity index (χ0n) is 4.97. The topological polar surface area (TPSA) is 20.2 Å². The Balaban J connectivity index is 2.39. The average Bonchev–Trinajstić information content (AvgIpc) is 1.85. The Kier molecular flexibility index (Phi) is 1.52. The summed E-state index contributed by atoms with van der Waals surface area (Å²) in [5.74, 6) is 0.375. The molecule has 0 saturated heterocycles. The van der Waals surface area contributed by atoms with Crippen molar-refractivity contribution in [2.24, 2.45) is 5.92 Å². The zero-order valence-corrected chi connectivity index (χ0v) is 4.97. The highest BCUT2D eigenvalue weighted by Gasteiger charge is 2.29. The van der Waals surface area contributed by atoms with E-state index in [4.69, 9.17) is 5.11 Å². The average molecular weight is 118 g/mol. The summed E-state index contributed by atoms with van der Waals surface area (Å²) < 4.78 is 12.3. The maximum atomic E-state index is 12.3. The monoisotopic (exact) mass is 118 g/mol. The first-order valence-electron chi connectivity index (χ1n) is 3.02. The smallest absolute Gasteiger partial charge is 0.126 e. The van der Waals surface area contributed by atoms with Crippen molar-refractivity contribution in [2.45, 2.75) is 32.0 Å². The van der Waals surface area contributed by atoms with Crippen LogP contribution in [0.2, 0.25) is 0 Å². The number of aliphatic hydroxyl groups excluding tert-OH is 1. The van der Waals surface area contributed by atoms with Crippen molar-refractivity contribution in [2.75, 3.05) is 0 Å². The molecule has 0 bridgehead atoms. The van der Waals surface area contributed by atoms with Gasteiger partial charge in [-0.05, 0) is 18.8 Å². The fourth-order valence-electron chi connectivity index (χ4n) is 1.20. The van der Waals surface area contributed by atoms with Gasteiger partial charge in [-0.25, -0.2) is 4.39 Å². The van der Waals surface area contributed by atoms with Crippen molar-refractivity contribution in [3.8, 4) is 0 Å². The highest BCUT2D eigenvalue weighted by molar-refractivity contribution is 4.80. The van der Waals surface area contributed by atoms with Gasteiger partial charge in [0.2, 0.25) is 0 Å². The summed E-state index contributed by atoms with van der Waals surface area (Å²) in [4.78, 5) is 0. The summed E-state index contributed by atoms with van der Waals surface area (Å²) in [6.07, 6.45) is -0.447. The summed E-state index contributed by atoms with van der Waals surface area (Å²) in [6, 6.07) is 0. The van der Waals surface area contributed by atoms with E-state index in [1.807, 2.05) is 6.92 Å². The molecule has 0 heterocycles. The van der Waals surface area contributed by atoms with E-state index in [0.29, 0.717) is 18.8 Å². The van der Waals surface area contributed by atoms with Gasteiger partial charge in [0, 0.05) is 0 Å². The van der Waals surface area contributed by atoms with Crippen molar-refractivity contribution in [1.82, 2.24) is 0 Å². The molecular weight excluding hydrogens is 107 g/mol. The van der Waals surface area contributed by atoms with Crippen LogP contribution in [0.25, 0.3) is 0 Å². The summed E-state index contributed by atoms with van der Waals surface area (Å²) in [7, 11) is 0. The van der Waals surface area contributed by atoms with Crippen LogP contribution in [0.1, 0.15) is 19.8 Å². The number of halogens is 1. The quantitative estimate of drug-likeness (QED) is 0.505. The molecule has 8 heavy (non-hydrogen) atoms. The maximum Gasteiger partial charge on any atom is 0.126 e. The van der Waals surface area contributed by atoms with Crippen LogP contribution >= 0.6 is 0 Å². The molecule has 0 amide bonds. The van der Waals surface area contributed by atoms with Crippen LogP contribution in [0, 0.1) is 5.92 Å². The van der Waals surface area contributed by atoms with Crippen LogP contribution in [0.3, 0.4) is 0 Å². The van der Waals surface area contributed by atoms with E-state index >= 15 is 0 Å². The molecule has 1 rings (SSSR count). The van der Waals surface area contributed by atoms with E-state index in [9.17, 15) is 4.39 Å². The van der Waals surface area contributed by atoms with Crippen LogP contribution < -0.4 is 0 Å². The van der Waals surface area contributed by atoms with Gasteiger partial charge in [0.15, 0.2) is 0 Å². The number of rotatable bonds is 0. The fraction of sp³-hybridized carbons (Fsp3) is 1.00. The third-order valence-electron chi connectivity index (χ3n) is 1.69. The second-order valence-electron chi connectivity index (χ2n) is 2.66. The molecule has 0 unspecified atom stereocenters. The number of aliphatic hydroxyl groups is 1. The van der Waals surface area contributed by atoms with Crippen molar-refractivity contribution in [3.05, 3.63) is 0 Å². The van der Waals surface area contributed by atoms with E-state index in [0.717, 1.165) is 0 Å². The lowest BCUT2D eigenvalue weighted by atomic mass is 10.1. The molecule has 0 aromatic carbocycles. The second kappa shape index (κ2) is 2.02. The zero-order chi connectivity index (χ0) is 6.15. The molecule has 0 aromatic rings. The SMILES string of the molecule is C[C@@H]1C[C@@H](O)[C@H](F)C1. The van der Waals surface area contributed by atoms with Crippen LogP contribution in [-0.2, 0) is 0 Å². The van der Waals surface area contributed by atoms with Crippen molar-refractivity contribution in [3.63, 3.8) is 0 Å². The van der Waals surface area contributed by atoms with Crippen molar-refractivity contribution in [1.29, 1.82) is 0 Å². The molecule has 0 spiro atoms. The minimum atomic E-state index is -0.954. The molecule has 1 nitrogen and oxygen atoms in total. The predicted octanol–water partition coefficient (Wildman–Crippen LogP) is 1.12. The van der Waals surface area contributed by atoms with E-state index in [1.165, 1.54) is 0 Å². The lowest BCUT2D eigenvalue weighted by Gasteiger charge is -2.00. The van der Waals surface area contributed by atoms with E-state index in [2.05, 4.69) is 0 Å². The molecule has 1 aliphatic rings. The normalized spacial score (nSPS) is 47.6. The van der Waals surface area contributed by atoms with Crippen LogP contribution in [0.15, 0.2) is 0 Å². The van der Waals surface area contributed by atoms with E-state index in [-0.39, 0.29) is 0 Å². The molecule has 0 aliphatic heterocycles. The third-order valence-corrected chi connectivity index (χ3v) is 1.69. The molecule has 1 fully saturated rings.